The molecule has 0 saturated heterocycles. The summed E-state index contributed by atoms with van der Waals surface area (Å²) in [7, 11) is 0. The van der Waals surface area contributed by atoms with E-state index in [0.717, 1.165) is 22.6 Å². The van der Waals surface area contributed by atoms with Gasteiger partial charge in [-0.25, -0.2) is 0 Å². The van der Waals surface area contributed by atoms with Crippen LogP contribution in [0.15, 0.2) is 10.3 Å². The standard InChI is InChI=1S/C12H21FO2Se/c1-4-10(13)11(5-2)16-9-7-8-12(14)15-6-3/h4-9H2,1-3H3/b11-10+. The first-order valence-electron chi connectivity index (χ1n) is 5.81. The normalized spacial score (nSPS) is 12.2. The predicted octanol–water partition coefficient (Wildman–Crippen LogP) is 3.45. The average molecular weight is 295 g/mol. The van der Waals surface area contributed by atoms with Gasteiger partial charge in [0.05, 0.1) is 0 Å². The summed E-state index contributed by atoms with van der Waals surface area (Å²) in [6.07, 6.45) is 2.54. The van der Waals surface area contributed by atoms with Crippen LogP contribution in [0.4, 0.5) is 4.39 Å². The molecule has 16 heavy (non-hydrogen) atoms. The van der Waals surface area contributed by atoms with Crippen LogP contribution >= 0.6 is 0 Å². The van der Waals surface area contributed by atoms with Crippen molar-refractivity contribution in [1.29, 1.82) is 0 Å². The van der Waals surface area contributed by atoms with Crippen molar-refractivity contribution >= 4 is 20.9 Å². The van der Waals surface area contributed by atoms with E-state index in [-0.39, 0.29) is 26.8 Å². The summed E-state index contributed by atoms with van der Waals surface area (Å²) in [4.78, 5) is 11.0. The van der Waals surface area contributed by atoms with E-state index in [1.54, 1.807) is 6.92 Å². The van der Waals surface area contributed by atoms with Gasteiger partial charge < -0.3 is 0 Å². The molecule has 0 aromatic carbocycles. The third kappa shape index (κ3) is 7.02. The number of ether oxygens (including phenoxy) is 1. The van der Waals surface area contributed by atoms with Gasteiger partial charge in [-0.3, -0.25) is 0 Å². The van der Waals surface area contributed by atoms with E-state index in [1.807, 2.05) is 13.8 Å². The number of allylic oxidation sites excluding steroid dienone is 2. The van der Waals surface area contributed by atoms with Gasteiger partial charge in [0.2, 0.25) is 0 Å². The molecule has 0 rings (SSSR count). The summed E-state index contributed by atoms with van der Waals surface area (Å²) < 4.78 is 19.1. The zero-order chi connectivity index (χ0) is 12.4. The summed E-state index contributed by atoms with van der Waals surface area (Å²) in [5.74, 6) is -0.102. The third-order valence-corrected chi connectivity index (χ3v) is 4.88. The molecule has 0 aliphatic rings. The van der Waals surface area contributed by atoms with E-state index < -0.39 is 0 Å². The molecule has 0 aromatic heterocycles. The van der Waals surface area contributed by atoms with Crippen LogP contribution in [0.2, 0.25) is 5.32 Å². The van der Waals surface area contributed by atoms with Crippen LogP contribution in [0.5, 0.6) is 0 Å². The van der Waals surface area contributed by atoms with E-state index in [2.05, 4.69) is 0 Å². The molecule has 0 heterocycles. The molecule has 0 spiro atoms. The Balaban J connectivity index is 3.76. The Labute approximate surface area is 104 Å². The molecule has 0 saturated carbocycles. The summed E-state index contributed by atoms with van der Waals surface area (Å²) in [5, 5.41) is 0.919. The first-order chi connectivity index (χ1) is 7.65. The molecule has 0 unspecified atom stereocenters. The minimum atomic E-state index is -0.142. The number of carbonyl (C=O) groups excluding carboxylic acids is 1. The van der Waals surface area contributed by atoms with Gasteiger partial charge in [-0.1, -0.05) is 0 Å². The molecule has 2 nitrogen and oxygen atoms in total. The van der Waals surface area contributed by atoms with E-state index >= 15 is 0 Å². The quantitative estimate of drug-likeness (QED) is 0.389. The van der Waals surface area contributed by atoms with Gasteiger partial charge >= 0.3 is 104 Å². The second-order valence-electron chi connectivity index (χ2n) is 3.29. The van der Waals surface area contributed by atoms with Crippen molar-refractivity contribution < 1.29 is 13.9 Å². The fourth-order valence-corrected chi connectivity index (χ4v) is 3.40. The molecule has 0 radical (unpaired) electrons. The van der Waals surface area contributed by atoms with Crippen LogP contribution in [0, 0.1) is 0 Å². The fraction of sp³-hybridized carbons (Fsp3) is 0.750. The van der Waals surface area contributed by atoms with Crippen molar-refractivity contribution in [3.05, 3.63) is 10.3 Å². The second kappa shape index (κ2) is 9.86. The van der Waals surface area contributed by atoms with Crippen LogP contribution in [0.1, 0.15) is 46.5 Å². The Morgan fingerprint density at radius 1 is 1.25 bits per heavy atom. The third-order valence-electron chi connectivity index (χ3n) is 2.04. The number of rotatable bonds is 8. The van der Waals surface area contributed by atoms with Crippen LogP contribution in [-0.2, 0) is 9.53 Å². The molecule has 0 aliphatic carbocycles. The van der Waals surface area contributed by atoms with Crippen LogP contribution in [-0.4, -0.2) is 27.5 Å². The summed E-state index contributed by atoms with van der Waals surface area (Å²) in [6.45, 7) is 6.06. The van der Waals surface area contributed by atoms with Gasteiger partial charge in [0, 0.05) is 0 Å². The Morgan fingerprint density at radius 3 is 2.44 bits per heavy atom. The number of carbonyl (C=O) groups is 1. The molecule has 0 aliphatic heterocycles. The van der Waals surface area contributed by atoms with Gasteiger partial charge in [-0.05, 0) is 0 Å². The van der Waals surface area contributed by atoms with E-state index in [4.69, 9.17) is 4.74 Å². The SMILES string of the molecule is CCOC(=O)CCC[Se]/C(CC)=C(/F)CC. The molecule has 0 aromatic rings. The van der Waals surface area contributed by atoms with Crippen molar-refractivity contribution in [2.45, 2.75) is 51.8 Å². The topological polar surface area (TPSA) is 26.3 Å². The number of hydrogen-bond donors (Lipinski definition) is 0. The monoisotopic (exact) mass is 296 g/mol. The van der Waals surface area contributed by atoms with Gasteiger partial charge in [0.1, 0.15) is 0 Å². The van der Waals surface area contributed by atoms with Crippen LogP contribution in [0.3, 0.4) is 0 Å². The summed E-state index contributed by atoms with van der Waals surface area (Å²) >= 11 is 0.196. The fourth-order valence-electron chi connectivity index (χ4n) is 1.21. The molecule has 0 N–H and O–H groups in total. The van der Waals surface area contributed by atoms with E-state index in [9.17, 15) is 9.18 Å². The number of hydrogen-bond acceptors (Lipinski definition) is 2. The molecule has 94 valence electrons. The van der Waals surface area contributed by atoms with Gasteiger partial charge in [0.25, 0.3) is 0 Å². The Morgan fingerprint density at radius 2 is 1.94 bits per heavy atom. The number of esters is 1. The predicted molar refractivity (Wildman–Crippen MR) is 65.1 cm³/mol. The molecule has 4 heteroatoms. The maximum atomic E-state index is 13.3. The average Bonchev–Trinajstić information content (AvgIpc) is 2.28. The second-order valence-corrected chi connectivity index (χ2v) is 5.79. The Kier molecular flexibility index (Phi) is 9.65. The minimum absolute atomic E-state index is 0.0404. The van der Waals surface area contributed by atoms with Crippen molar-refractivity contribution in [1.82, 2.24) is 0 Å². The Bertz CT molecular complexity index is 239. The van der Waals surface area contributed by atoms with Gasteiger partial charge in [0.15, 0.2) is 0 Å². The Hall–Kier alpha value is -0.341. The van der Waals surface area contributed by atoms with Gasteiger partial charge in [-0.2, -0.15) is 0 Å². The first-order valence-corrected chi connectivity index (χ1v) is 7.88. The molecule has 0 amide bonds. The van der Waals surface area contributed by atoms with E-state index in [0.29, 0.717) is 19.4 Å². The van der Waals surface area contributed by atoms with Crippen molar-refractivity contribution in [2.75, 3.05) is 6.61 Å². The summed E-state index contributed by atoms with van der Waals surface area (Å²) in [5.41, 5.74) is 0. The maximum absolute atomic E-state index is 13.3. The number of halogens is 1. The van der Waals surface area contributed by atoms with Crippen LogP contribution in [0.25, 0.3) is 0 Å². The molecular weight excluding hydrogens is 274 g/mol. The molecular formula is C12H21FO2Se. The van der Waals surface area contributed by atoms with Crippen molar-refractivity contribution in [3.63, 3.8) is 0 Å². The van der Waals surface area contributed by atoms with Crippen molar-refractivity contribution in [3.8, 4) is 0 Å². The van der Waals surface area contributed by atoms with Gasteiger partial charge in [-0.15, -0.1) is 0 Å². The first kappa shape index (κ1) is 15.7. The van der Waals surface area contributed by atoms with E-state index in [1.165, 1.54) is 0 Å². The molecule has 0 atom stereocenters. The van der Waals surface area contributed by atoms with Crippen LogP contribution < -0.4 is 0 Å². The molecule has 0 fully saturated rings. The zero-order valence-corrected chi connectivity index (χ0v) is 12.1. The zero-order valence-electron chi connectivity index (χ0n) is 10.3. The molecule has 0 bridgehead atoms. The van der Waals surface area contributed by atoms with Crippen molar-refractivity contribution in [2.24, 2.45) is 0 Å². The summed E-state index contributed by atoms with van der Waals surface area (Å²) in [6, 6.07) is 0.